The second kappa shape index (κ2) is 7.57. The molecule has 6 nitrogen and oxygen atoms in total. The highest BCUT2D eigenvalue weighted by molar-refractivity contribution is 7.13. The Balaban J connectivity index is 1.69. The smallest absolute Gasteiger partial charge is 0.263 e. The average Bonchev–Trinajstić information content (AvgIpc) is 3.19. The van der Waals surface area contributed by atoms with Crippen LogP contribution in [-0.4, -0.2) is 25.4 Å². The lowest BCUT2D eigenvalue weighted by atomic mass is 10.2. The van der Waals surface area contributed by atoms with Gasteiger partial charge in [-0.05, 0) is 44.4 Å². The van der Waals surface area contributed by atoms with Crippen LogP contribution < -0.4 is 5.32 Å². The van der Waals surface area contributed by atoms with Crippen LogP contribution in [0.1, 0.15) is 45.1 Å². The molecule has 3 aromatic rings. The molecule has 0 bridgehead atoms. The largest absolute Gasteiger partial charge is 0.347 e. The molecule has 1 N–H and O–H groups in total. The van der Waals surface area contributed by atoms with Crippen LogP contribution in [0.5, 0.6) is 0 Å². The highest BCUT2D eigenvalue weighted by atomic mass is 32.1. The Morgan fingerprint density at radius 1 is 1.28 bits per heavy atom. The number of thiazole rings is 1. The predicted molar refractivity (Wildman–Crippen MR) is 98.1 cm³/mol. The fraction of sp³-hybridized carbons (Fsp3) is 0.333. The summed E-state index contributed by atoms with van der Waals surface area (Å²) in [6.07, 6.45) is 7.30. The maximum Gasteiger partial charge on any atom is 0.263 e. The van der Waals surface area contributed by atoms with E-state index < -0.39 is 0 Å². The summed E-state index contributed by atoms with van der Waals surface area (Å²) >= 11 is 1.48. The molecule has 0 radical (unpaired) electrons. The van der Waals surface area contributed by atoms with E-state index in [-0.39, 0.29) is 5.91 Å². The topological polar surface area (TPSA) is 72.7 Å². The van der Waals surface area contributed by atoms with Crippen LogP contribution in [0.4, 0.5) is 0 Å². The fourth-order valence-electron chi connectivity index (χ4n) is 2.57. The number of hydrogen-bond donors (Lipinski definition) is 1. The number of nitrogens with zero attached hydrogens (tertiary/aromatic N) is 4. The third-order valence-electron chi connectivity index (χ3n) is 3.85. The van der Waals surface area contributed by atoms with E-state index >= 15 is 0 Å². The first-order chi connectivity index (χ1) is 12.1. The number of aromatic nitrogens is 4. The molecule has 0 atom stereocenters. The van der Waals surface area contributed by atoms with Crippen molar-refractivity contribution in [2.75, 3.05) is 0 Å². The number of carbonyl (C=O) groups is 1. The van der Waals surface area contributed by atoms with Gasteiger partial charge in [0.25, 0.3) is 5.91 Å². The quantitative estimate of drug-likeness (QED) is 0.737. The summed E-state index contributed by atoms with van der Waals surface area (Å²) < 4.78 is 1.91. The highest BCUT2D eigenvalue weighted by Gasteiger charge is 2.14. The fourth-order valence-corrected chi connectivity index (χ4v) is 3.65. The summed E-state index contributed by atoms with van der Waals surface area (Å²) in [4.78, 5) is 26.2. The van der Waals surface area contributed by atoms with Crippen LogP contribution >= 0.6 is 11.3 Å². The molecule has 0 unspecified atom stereocenters. The molecule has 0 fully saturated rings. The Morgan fingerprint density at radius 2 is 2.12 bits per heavy atom. The number of pyridine rings is 1. The van der Waals surface area contributed by atoms with Crippen LogP contribution in [0.3, 0.4) is 0 Å². The number of imidazole rings is 1. The molecule has 1 amide bonds. The minimum absolute atomic E-state index is 0.0745. The first-order valence-corrected chi connectivity index (χ1v) is 9.10. The van der Waals surface area contributed by atoms with Gasteiger partial charge in [0.1, 0.15) is 16.5 Å². The number of hydrogen-bond acceptors (Lipinski definition) is 5. The number of aryl methyl sites for hydroxylation is 3. The number of carbonyl (C=O) groups excluding carboxylic acids is 1. The van der Waals surface area contributed by atoms with Gasteiger partial charge in [0, 0.05) is 25.1 Å². The van der Waals surface area contributed by atoms with Crippen molar-refractivity contribution in [3.05, 3.63) is 57.7 Å². The zero-order valence-electron chi connectivity index (χ0n) is 14.6. The van der Waals surface area contributed by atoms with E-state index in [1.807, 2.05) is 36.7 Å². The molecule has 0 saturated heterocycles. The van der Waals surface area contributed by atoms with Crippen molar-refractivity contribution in [3.63, 3.8) is 0 Å². The lowest BCUT2D eigenvalue weighted by molar-refractivity contribution is 0.0954. The standard InChI is InChI=1S/C18H21N5OS/c1-4-5-16-22-12(2)17(25-16)18(24)21-11-14-6-7-20-15(10-14)23-9-8-19-13(23)3/h6-10H,4-5,11H2,1-3H3,(H,21,24). The van der Waals surface area contributed by atoms with Crippen molar-refractivity contribution in [1.29, 1.82) is 0 Å². The molecule has 3 rings (SSSR count). The molecule has 3 heterocycles. The zero-order chi connectivity index (χ0) is 17.8. The second-order valence-corrected chi connectivity index (χ2v) is 6.91. The zero-order valence-corrected chi connectivity index (χ0v) is 15.4. The van der Waals surface area contributed by atoms with Crippen molar-refractivity contribution >= 4 is 17.2 Å². The average molecular weight is 355 g/mol. The normalized spacial score (nSPS) is 10.8. The van der Waals surface area contributed by atoms with Gasteiger partial charge in [-0.2, -0.15) is 0 Å². The van der Waals surface area contributed by atoms with E-state index in [2.05, 4.69) is 27.2 Å². The third kappa shape index (κ3) is 3.93. The molecule has 0 saturated carbocycles. The van der Waals surface area contributed by atoms with Gasteiger partial charge in [0.15, 0.2) is 0 Å². The molecule has 130 valence electrons. The van der Waals surface area contributed by atoms with Gasteiger partial charge in [0.05, 0.1) is 10.7 Å². The second-order valence-electron chi connectivity index (χ2n) is 5.82. The molecule has 3 aromatic heterocycles. The number of nitrogens with one attached hydrogen (secondary N) is 1. The Bertz CT molecular complexity index is 883. The van der Waals surface area contributed by atoms with Crippen LogP contribution in [0, 0.1) is 13.8 Å². The molecule has 0 aliphatic carbocycles. The van der Waals surface area contributed by atoms with Gasteiger partial charge in [-0.3, -0.25) is 9.36 Å². The summed E-state index contributed by atoms with van der Waals surface area (Å²) in [5, 5.41) is 4.00. The van der Waals surface area contributed by atoms with Gasteiger partial charge >= 0.3 is 0 Å². The molecule has 0 aliphatic heterocycles. The molecule has 0 aliphatic rings. The van der Waals surface area contributed by atoms with Crippen LogP contribution in [0.2, 0.25) is 0 Å². The van der Waals surface area contributed by atoms with Crippen molar-refractivity contribution in [3.8, 4) is 5.82 Å². The predicted octanol–water partition coefficient (Wildman–Crippen LogP) is 3.22. The summed E-state index contributed by atoms with van der Waals surface area (Å²) in [7, 11) is 0. The molecule has 25 heavy (non-hydrogen) atoms. The van der Waals surface area contributed by atoms with E-state index in [1.54, 1.807) is 12.4 Å². The van der Waals surface area contributed by atoms with Gasteiger partial charge in [-0.15, -0.1) is 11.3 Å². The highest BCUT2D eigenvalue weighted by Crippen LogP contribution is 2.19. The minimum atomic E-state index is -0.0745. The first kappa shape index (κ1) is 17.3. The Morgan fingerprint density at radius 3 is 2.84 bits per heavy atom. The Labute approximate surface area is 151 Å². The lowest BCUT2D eigenvalue weighted by Crippen LogP contribution is -2.22. The summed E-state index contributed by atoms with van der Waals surface area (Å²) in [6, 6.07) is 3.86. The van der Waals surface area contributed by atoms with E-state index in [9.17, 15) is 4.79 Å². The van der Waals surface area contributed by atoms with Crippen LogP contribution in [0.15, 0.2) is 30.7 Å². The third-order valence-corrected chi connectivity index (χ3v) is 5.06. The van der Waals surface area contributed by atoms with Gasteiger partial charge < -0.3 is 5.32 Å². The first-order valence-electron chi connectivity index (χ1n) is 8.28. The Kier molecular flexibility index (Phi) is 5.23. The van der Waals surface area contributed by atoms with Crippen molar-refractivity contribution in [2.24, 2.45) is 0 Å². The van der Waals surface area contributed by atoms with Gasteiger partial charge in [-0.1, -0.05) is 6.92 Å². The summed E-state index contributed by atoms with van der Waals surface area (Å²) in [6.45, 7) is 6.37. The van der Waals surface area contributed by atoms with Crippen molar-refractivity contribution in [1.82, 2.24) is 24.8 Å². The van der Waals surface area contributed by atoms with E-state index in [0.717, 1.165) is 40.7 Å². The van der Waals surface area contributed by atoms with Gasteiger partial charge in [-0.25, -0.2) is 15.0 Å². The monoisotopic (exact) mass is 355 g/mol. The summed E-state index contributed by atoms with van der Waals surface area (Å²) in [5.74, 6) is 1.59. The molecule has 7 heteroatoms. The minimum Gasteiger partial charge on any atom is -0.347 e. The van der Waals surface area contributed by atoms with Crippen molar-refractivity contribution < 1.29 is 4.79 Å². The molecular formula is C18H21N5OS. The maximum atomic E-state index is 12.5. The van der Waals surface area contributed by atoms with Crippen LogP contribution in [0.25, 0.3) is 5.82 Å². The number of amides is 1. The SMILES string of the molecule is CCCc1nc(C)c(C(=O)NCc2ccnc(-n3ccnc3C)c2)s1. The van der Waals surface area contributed by atoms with Crippen LogP contribution in [-0.2, 0) is 13.0 Å². The van der Waals surface area contributed by atoms with Crippen molar-refractivity contribution in [2.45, 2.75) is 40.2 Å². The molecule has 0 aromatic carbocycles. The summed E-state index contributed by atoms with van der Waals surface area (Å²) in [5.41, 5.74) is 1.79. The van der Waals surface area contributed by atoms with E-state index in [0.29, 0.717) is 11.4 Å². The maximum absolute atomic E-state index is 12.5. The number of rotatable bonds is 6. The molecular weight excluding hydrogens is 334 g/mol. The molecule has 0 spiro atoms. The lowest BCUT2D eigenvalue weighted by Gasteiger charge is -2.08. The van der Waals surface area contributed by atoms with Gasteiger partial charge in [0.2, 0.25) is 0 Å². The van der Waals surface area contributed by atoms with E-state index in [1.165, 1.54) is 11.3 Å². The van der Waals surface area contributed by atoms with E-state index in [4.69, 9.17) is 0 Å². The Hall–Kier alpha value is -2.54.